The molecule has 130 valence electrons. The van der Waals surface area contributed by atoms with Gasteiger partial charge in [-0.1, -0.05) is 41.9 Å². The molecule has 0 aliphatic carbocycles. The van der Waals surface area contributed by atoms with Crippen LogP contribution >= 0.6 is 23.4 Å². The molecule has 1 aliphatic heterocycles. The van der Waals surface area contributed by atoms with Crippen LogP contribution in [0.3, 0.4) is 0 Å². The number of thioether (sulfide) groups is 1. The fraction of sp³-hybridized carbons (Fsp3) is 0.167. The van der Waals surface area contributed by atoms with Gasteiger partial charge in [0.15, 0.2) is 0 Å². The van der Waals surface area contributed by atoms with E-state index in [1.165, 1.54) is 18.5 Å². The fourth-order valence-corrected chi connectivity index (χ4v) is 3.68. The molecule has 26 heavy (non-hydrogen) atoms. The van der Waals surface area contributed by atoms with Crippen LogP contribution in [0.5, 0.6) is 0 Å². The maximum absolute atomic E-state index is 13.4. The molecular formula is C18H12ClFN4OS. The summed E-state index contributed by atoms with van der Waals surface area (Å²) in [6.07, 6.45) is 1.09. The number of hydrogen-bond donors (Lipinski definition) is 0. The smallest absolute Gasteiger partial charge is 0.200 e. The summed E-state index contributed by atoms with van der Waals surface area (Å²) in [6, 6.07) is 13.6. The Bertz CT molecular complexity index is 987. The number of halogens is 2. The zero-order valence-corrected chi connectivity index (χ0v) is 14.9. The van der Waals surface area contributed by atoms with Crippen LogP contribution in [0.2, 0.25) is 5.02 Å². The number of epoxide rings is 1. The minimum atomic E-state index is -0.753. The second kappa shape index (κ2) is 6.72. The number of nitrogens with zero attached hydrogens (tertiary/aromatic N) is 4. The van der Waals surface area contributed by atoms with Crippen LogP contribution in [0.25, 0.3) is 0 Å². The number of benzene rings is 2. The Labute approximate surface area is 158 Å². The molecule has 1 fully saturated rings. The maximum Gasteiger partial charge on any atom is 0.200 e. The van der Waals surface area contributed by atoms with E-state index < -0.39 is 5.60 Å². The lowest BCUT2D eigenvalue weighted by atomic mass is 9.91. The van der Waals surface area contributed by atoms with Crippen molar-refractivity contribution in [1.29, 1.82) is 5.26 Å². The van der Waals surface area contributed by atoms with Gasteiger partial charge in [-0.2, -0.15) is 10.4 Å². The van der Waals surface area contributed by atoms with Crippen molar-refractivity contribution in [3.8, 4) is 5.40 Å². The Balaban J connectivity index is 1.74. The molecule has 1 aliphatic rings. The van der Waals surface area contributed by atoms with Crippen LogP contribution in [-0.4, -0.2) is 14.8 Å². The van der Waals surface area contributed by atoms with Gasteiger partial charge in [0, 0.05) is 22.3 Å². The average Bonchev–Trinajstić information content (AvgIpc) is 3.19. The minimum Gasteiger partial charge on any atom is -0.354 e. The molecule has 4 rings (SSSR count). The molecule has 0 spiro atoms. The predicted octanol–water partition coefficient (Wildman–Crippen LogP) is 4.31. The van der Waals surface area contributed by atoms with Crippen LogP contribution < -0.4 is 0 Å². The van der Waals surface area contributed by atoms with Gasteiger partial charge in [0.2, 0.25) is 5.16 Å². The van der Waals surface area contributed by atoms with Crippen LogP contribution in [0.4, 0.5) is 4.39 Å². The van der Waals surface area contributed by atoms with E-state index in [9.17, 15) is 4.39 Å². The molecule has 2 heterocycles. The number of aromatic nitrogens is 3. The summed E-state index contributed by atoms with van der Waals surface area (Å²) < 4.78 is 21.1. The second-order valence-electron chi connectivity index (χ2n) is 5.81. The van der Waals surface area contributed by atoms with Crippen molar-refractivity contribution in [2.75, 3.05) is 0 Å². The highest BCUT2D eigenvalue weighted by molar-refractivity contribution is 8.03. The maximum atomic E-state index is 13.4. The average molecular weight is 387 g/mol. The lowest BCUT2D eigenvalue weighted by molar-refractivity contribution is 0.256. The van der Waals surface area contributed by atoms with Gasteiger partial charge in [-0.3, -0.25) is 0 Å². The molecule has 3 aromatic rings. The van der Waals surface area contributed by atoms with Crippen molar-refractivity contribution < 1.29 is 9.13 Å². The molecule has 0 bridgehead atoms. The standard InChI is InChI=1S/C18H12ClFN4OS/c19-15-4-2-1-3-14(15)16-18(25-16,12-5-7-13(20)8-6-12)9-24-17(26-10-21)22-11-23-24/h1-8,11,16H,9H2/t16-,18+/m1/s1. The Morgan fingerprint density at radius 2 is 2.04 bits per heavy atom. The number of ether oxygens (including phenoxy) is 1. The molecule has 2 atom stereocenters. The van der Waals surface area contributed by atoms with Crippen molar-refractivity contribution in [3.63, 3.8) is 0 Å². The third kappa shape index (κ3) is 2.97. The van der Waals surface area contributed by atoms with Gasteiger partial charge in [-0.05, 0) is 23.8 Å². The van der Waals surface area contributed by atoms with Gasteiger partial charge in [-0.15, -0.1) is 0 Å². The van der Waals surface area contributed by atoms with E-state index in [1.807, 2.05) is 23.6 Å². The largest absolute Gasteiger partial charge is 0.354 e. The van der Waals surface area contributed by atoms with Crippen molar-refractivity contribution in [2.45, 2.75) is 23.4 Å². The molecule has 0 saturated carbocycles. The van der Waals surface area contributed by atoms with Gasteiger partial charge in [0.05, 0.1) is 6.54 Å². The summed E-state index contributed by atoms with van der Waals surface area (Å²) in [5.74, 6) is -0.319. The zero-order chi connectivity index (χ0) is 18.1. The molecule has 8 heteroatoms. The topological polar surface area (TPSA) is 67.0 Å². The number of nitriles is 1. The second-order valence-corrected chi connectivity index (χ2v) is 6.97. The Hall–Kier alpha value is -2.40. The third-order valence-electron chi connectivity index (χ3n) is 4.32. The molecule has 0 N–H and O–H groups in total. The summed E-state index contributed by atoms with van der Waals surface area (Å²) in [4.78, 5) is 4.09. The number of thiocyanates is 1. The van der Waals surface area contributed by atoms with E-state index >= 15 is 0 Å². The Morgan fingerprint density at radius 1 is 1.27 bits per heavy atom. The molecule has 0 amide bonds. The Morgan fingerprint density at radius 3 is 2.77 bits per heavy atom. The first-order valence-corrected chi connectivity index (χ1v) is 8.95. The summed E-state index contributed by atoms with van der Waals surface area (Å²) >= 11 is 7.27. The van der Waals surface area contributed by atoms with Crippen LogP contribution in [0.1, 0.15) is 17.2 Å². The highest BCUT2D eigenvalue weighted by atomic mass is 35.5. The van der Waals surface area contributed by atoms with E-state index in [-0.39, 0.29) is 11.9 Å². The summed E-state index contributed by atoms with van der Waals surface area (Å²) in [6.45, 7) is 0.332. The van der Waals surface area contributed by atoms with Crippen LogP contribution in [-0.2, 0) is 16.9 Å². The van der Waals surface area contributed by atoms with Crippen molar-refractivity contribution in [1.82, 2.24) is 14.8 Å². The van der Waals surface area contributed by atoms with Crippen molar-refractivity contribution in [2.24, 2.45) is 0 Å². The third-order valence-corrected chi connectivity index (χ3v) is 5.25. The first-order chi connectivity index (χ1) is 12.6. The quantitative estimate of drug-likeness (QED) is 0.371. The van der Waals surface area contributed by atoms with Gasteiger partial charge < -0.3 is 4.74 Å². The predicted molar refractivity (Wildman–Crippen MR) is 94.8 cm³/mol. The molecule has 0 unspecified atom stereocenters. The molecule has 1 saturated heterocycles. The molecule has 5 nitrogen and oxygen atoms in total. The van der Waals surface area contributed by atoms with Gasteiger partial charge in [0.25, 0.3) is 0 Å². The summed E-state index contributed by atoms with van der Waals surface area (Å²) in [7, 11) is 0. The SMILES string of the molecule is N#CSc1ncnn1C[C@@]1(c2ccc(F)cc2)O[C@@H]1c1ccccc1Cl. The summed E-state index contributed by atoms with van der Waals surface area (Å²) in [5, 5.41) is 16.2. The zero-order valence-electron chi connectivity index (χ0n) is 13.3. The van der Waals surface area contributed by atoms with E-state index in [1.54, 1.807) is 22.9 Å². The minimum absolute atomic E-state index is 0.300. The van der Waals surface area contributed by atoms with Gasteiger partial charge in [0.1, 0.15) is 29.3 Å². The van der Waals surface area contributed by atoms with Crippen molar-refractivity contribution in [3.05, 3.63) is 76.8 Å². The van der Waals surface area contributed by atoms with E-state index in [0.29, 0.717) is 16.7 Å². The van der Waals surface area contributed by atoms with E-state index in [4.69, 9.17) is 21.6 Å². The van der Waals surface area contributed by atoms with E-state index in [0.717, 1.165) is 22.9 Å². The normalized spacial score (nSPS) is 21.3. The first-order valence-electron chi connectivity index (χ1n) is 7.76. The summed E-state index contributed by atoms with van der Waals surface area (Å²) in [5.41, 5.74) is 0.914. The number of hydrogen-bond acceptors (Lipinski definition) is 5. The van der Waals surface area contributed by atoms with E-state index in [2.05, 4.69) is 10.1 Å². The highest BCUT2D eigenvalue weighted by Gasteiger charge is 2.59. The molecule has 2 aromatic carbocycles. The lowest BCUT2D eigenvalue weighted by Gasteiger charge is -2.15. The van der Waals surface area contributed by atoms with Crippen molar-refractivity contribution >= 4 is 23.4 Å². The molecular weight excluding hydrogens is 375 g/mol. The van der Waals surface area contributed by atoms with Gasteiger partial charge in [-0.25, -0.2) is 14.1 Å². The first kappa shape index (κ1) is 17.0. The number of rotatable bonds is 5. The lowest BCUT2D eigenvalue weighted by Crippen LogP contribution is -2.20. The van der Waals surface area contributed by atoms with Crippen LogP contribution in [0.15, 0.2) is 60.0 Å². The fourth-order valence-electron chi connectivity index (χ4n) is 3.05. The Kier molecular flexibility index (Phi) is 4.41. The van der Waals surface area contributed by atoms with Crippen LogP contribution in [0, 0.1) is 16.5 Å². The molecule has 0 radical (unpaired) electrons. The molecule has 1 aromatic heterocycles. The highest BCUT2D eigenvalue weighted by Crippen LogP contribution is 2.59. The monoisotopic (exact) mass is 386 g/mol. The van der Waals surface area contributed by atoms with Gasteiger partial charge >= 0.3 is 0 Å².